The summed E-state index contributed by atoms with van der Waals surface area (Å²) in [5.41, 5.74) is 0. The smallest absolute Gasteiger partial charge is 0.324 e. The first kappa shape index (κ1) is 16.2. The lowest BCUT2D eigenvalue weighted by Crippen LogP contribution is -2.47. The van der Waals surface area contributed by atoms with Crippen LogP contribution in [0.3, 0.4) is 0 Å². The topological polar surface area (TPSA) is 104 Å². The molecule has 1 aromatic carbocycles. The second-order valence-electron chi connectivity index (χ2n) is 3.75. The van der Waals surface area contributed by atoms with E-state index in [0.29, 0.717) is 0 Å². The first-order chi connectivity index (χ1) is 8.65. The van der Waals surface area contributed by atoms with Crippen molar-refractivity contribution in [2.45, 2.75) is 24.0 Å². The monoisotopic (exact) mass is 327 g/mol. The standard InChI is InChI=1S/C10H11Cl2NO5S/c1-5(14)9(10(15)16)13-19(17,18)8-4-6(11)2-3-7(8)12/h2-5,9,13-14H,1H3,(H,15,16). The molecule has 2 atom stereocenters. The Hall–Kier alpha value is -0.860. The maximum Gasteiger partial charge on any atom is 0.324 e. The Balaban J connectivity index is 3.17. The Morgan fingerprint density at radius 2 is 1.95 bits per heavy atom. The zero-order valence-electron chi connectivity index (χ0n) is 9.67. The number of nitrogens with one attached hydrogen (secondary N) is 1. The summed E-state index contributed by atoms with van der Waals surface area (Å²) in [7, 11) is -4.21. The van der Waals surface area contributed by atoms with Gasteiger partial charge in [0.25, 0.3) is 0 Å². The molecule has 19 heavy (non-hydrogen) atoms. The number of benzene rings is 1. The number of aliphatic hydroxyl groups excluding tert-OH is 1. The Kier molecular flexibility index (Phi) is 5.17. The Morgan fingerprint density at radius 1 is 1.37 bits per heavy atom. The van der Waals surface area contributed by atoms with Gasteiger partial charge in [-0.1, -0.05) is 23.2 Å². The van der Waals surface area contributed by atoms with E-state index in [1.54, 1.807) is 0 Å². The molecule has 0 aliphatic heterocycles. The van der Waals surface area contributed by atoms with E-state index >= 15 is 0 Å². The fourth-order valence-electron chi connectivity index (χ4n) is 1.27. The largest absolute Gasteiger partial charge is 0.480 e. The van der Waals surface area contributed by atoms with Crippen LogP contribution in [-0.2, 0) is 14.8 Å². The second-order valence-corrected chi connectivity index (χ2v) is 6.28. The van der Waals surface area contributed by atoms with Crippen molar-refractivity contribution in [3.8, 4) is 0 Å². The van der Waals surface area contributed by atoms with E-state index in [1.807, 2.05) is 4.72 Å². The highest BCUT2D eigenvalue weighted by atomic mass is 35.5. The molecule has 0 aliphatic carbocycles. The summed E-state index contributed by atoms with van der Waals surface area (Å²) in [6.45, 7) is 1.15. The minimum Gasteiger partial charge on any atom is -0.480 e. The molecule has 0 amide bonds. The van der Waals surface area contributed by atoms with E-state index in [-0.39, 0.29) is 14.9 Å². The zero-order valence-corrected chi connectivity index (χ0v) is 12.0. The fraction of sp³-hybridized carbons (Fsp3) is 0.300. The molecule has 0 bridgehead atoms. The number of aliphatic carboxylic acids is 1. The van der Waals surface area contributed by atoms with Crippen molar-refractivity contribution in [2.24, 2.45) is 0 Å². The van der Waals surface area contributed by atoms with Gasteiger partial charge < -0.3 is 10.2 Å². The summed E-state index contributed by atoms with van der Waals surface area (Å²) in [6.07, 6.45) is -1.41. The molecule has 3 N–H and O–H groups in total. The zero-order chi connectivity index (χ0) is 14.8. The average Bonchev–Trinajstić information content (AvgIpc) is 2.28. The van der Waals surface area contributed by atoms with Crippen molar-refractivity contribution in [1.29, 1.82) is 0 Å². The molecule has 106 valence electrons. The molecule has 1 rings (SSSR count). The van der Waals surface area contributed by atoms with Crippen molar-refractivity contribution < 1.29 is 23.4 Å². The van der Waals surface area contributed by atoms with Crippen LogP contribution in [0.15, 0.2) is 23.1 Å². The highest BCUT2D eigenvalue weighted by Gasteiger charge is 2.30. The van der Waals surface area contributed by atoms with Gasteiger partial charge in [0.2, 0.25) is 10.0 Å². The lowest BCUT2D eigenvalue weighted by molar-refractivity contribution is -0.141. The first-order valence-corrected chi connectivity index (χ1v) is 7.27. The normalized spacial score (nSPS) is 14.9. The van der Waals surface area contributed by atoms with E-state index in [9.17, 15) is 18.3 Å². The fourth-order valence-corrected chi connectivity index (χ4v) is 3.29. The lowest BCUT2D eigenvalue weighted by atomic mass is 10.2. The SMILES string of the molecule is CC(O)C(NS(=O)(=O)c1cc(Cl)ccc1Cl)C(=O)O. The summed E-state index contributed by atoms with van der Waals surface area (Å²) >= 11 is 11.4. The van der Waals surface area contributed by atoms with E-state index in [2.05, 4.69) is 0 Å². The summed E-state index contributed by atoms with van der Waals surface area (Å²) in [5.74, 6) is -1.50. The van der Waals surface area contributed by atoms with Gasteiger partial charge in [0.15, 0.2) is 0 Å². The number of aliphatic hydroxyl groups is 1. The third-order valence-corrected chi connectivity index (χ3v) is 4.37. The molecule has 0 radical (unpaired) electrons. The highest BCUT2D eigenvalue weighted by molar-refractivity contribution is 7.89. The quantitative estimate of drug-likeness (QED) is 0.751. The van der Waals surface area contributed by atoms with Crippen LogP contribution in [0.5, 0.6) is 0 Å². The molecule has 0 aromatic heterocycles. The molecule has 0 saturated heterocycles. The molecular weight excluding hydrogens is 317 g/mol. The van der Waals surface area contributed by atoms with Gasteiger partial charge in [-0.2, -0.15) is 4.72 Å². The minimum absolute atomic E-state index is 0.105. The van der Waals surface area contributed by atoms with Gasteiger partial charge in [-0.15, -0.1) is 0 Å². The molecule has 0 aliphatic rings. The minimum atomic E-state index is -4.21. The molecular formula is C10H11Cl2NO5S. The third kappa shape index (κ3) is 4.05. The Bertz CT molecular complexity index is 588. The van der Waals surface area contributed by atoms with Crippen LogP contribution >= 0.6 is 23.2 Å². The number of carbonyl (C=O) groups is 1. The Labute approximate surface area is 120 Å². The van der Waals surface area contributed by atoms with Crippen molar-refractivity contribution in [2.75, 3.05) is 0 Å². The van der Waals surface area contributed by atoms with E-state index < -0.39 is 28.1 Å². The Morgan fingerprint density at radius 3 is 2.42 bits per heavy atom. The van der Waals surface area contributed by atoms with Gasteiger partial charge in [-0.05, 0) is 25.1 Å². The van der Waals surface area contributed by atoms with Crippen LogP contribution in [-0.4, -0.2) is 36.7 Å². The van der Waals surface area contributed by atoms with Crippen LogP contribution < -0.4 is 4.72 Å². The molecule has 6 nitrogen and oxygen atoms in total. The summed E-state index contributed by atoms with van der Waals surface area (Å²) in [6, 6.07) is 2.08. The van der Waals surface area contributed by atoms with Crippen molar-refractivity contribution in [1.82, 2.24) is 4.72 Å². The number of rotatable bonds is 5. The maximum atomic E-state index is 12.0. The van der Waals surface area contributed by atoms with Crippen LogP contribution in [0, 0.1) is 0 Å². The molecule has 9 heteroatoms. The van der Waals surface area contributed by atoms with Gasteiger partial charge in [-0.25, -0.2) is 8.42 Å². The summed E-state index contributed by atoms with van der Waals surface area (Å²) in [5, 5.41) is 18.1. The number of carboxylic acids is 1. The number of sulfonamides is 1. The molecule has 0 saturated carbocycles. The molecule has 0 heterocycles. The maximum absolute atomic E-state index is 12.0. The predicted octanol–water partition coefficient (Wildman–Crippen LogP) is 1.11. The summed E-state index contributed by atoms with van der Waals surface area (Å²) < 4.78 is 25.8. The van der Waals surface area contributed by atoms with E-state index in [0.717, 1.165) is 13.0 Å². The van der Waals surface area contributed by atoms with Crippen molar-refractivity contribution in [3.05, 3.63) is 28.2 Å². The van der Waals surface area contributed by atoms with Gasteiger partial charge in [0.05, 0.1) is 11.1 Å². The first-order valence-electron chi connectivity index (χ1n) is 5.03. The van der Waals surface area contributed by atoms with Gasteiger partial charge >= 0.3 is 5.97 Å². The molecule has 2 unspecified atom stereocenters. The molecule has 0 fully saturated rings. The van der Waals surface area contributed by atoms with Gasteiger partial charge in [-0.3, -0.25) is 4.79 Å². The molecule has 1 aromatic rings. The van der Waals surface area contributed by atoms with Gasteiger partial charge in [0, 0.05) is 5.02 Å². The number of hydrogen-bond donors (Lipinski definition) is 3. The second kappa shape index (κ2) is 6.06. The van der Waals surface area contributed by atoms with Crippen LogP contribution in [0.1, 0.15) is 6.92 Å². The number of carboxylic acid groups (broad SMARTS) is 1. The van der Waals surface area contributed by atoms with Crippen molar-refractivity contribution >= 4 is 39.2 Å². The van der Waals surface area contributed by atoms with Crippen LogP contribution in [0.2, 0.25) is 10.0 Å². The van der Waals surface area contributed by atoms with E-state index in [1.165, 1.54) is 12.1 Å². The van der Waals surface area contributed by atoms with E-state index in [4.69, 9.17) is 28.3 Å². The van der Waals surface area contributed by atoms with Crippen LogP contribution in [0.25, 0.3) is 0 Å². The van der Waals surface area contributed by atoms with Gasteiger partial charge in [0.1, 0.15) is 10.9 Å². The van der Waals surface area contributed by atoms with Crippen molar-refractivity contribution in [3.63, 3.8) is 0 Å². The number of hydrogen-bond acceptors (Lipinski definition) is 4. The highest BCUT2D eigenvalue weighted by Crippen LogP contribution is 2.25. The lowest BCUT2D eigenvalue weighted by Gasteiger charge is -2.17. The summed E-state index contributed by atoms with van der Waals surface area (Å²) in [4.78, 5) is 10.5. The predicted molar refractivity (Wildman–Crippen MR) is 69.9 cm³/mol. The van der Waals surface area contributed by atoms with Crippen LogP contribution in [0.4, 0.5) is 0 Å². The third-order valence-electron chi connectivity index (χ3n) is 2.21. The molecule has 0 spiro atoms. The average molecular weight is 328 g/mol. The number of halogens is 2.